The lowest BCUT2D eigenvalue weighted by atomic mass is 10.0. The van der Waals surface area contributed by atoms with Crippen LogP contribution in [-0.2, 0) is 6.61 Å². The quantitative estimate of drug-likeness (QED) is 0.884. The molecule has 134 valence electrons. The van der Waals surface area contributed by atoms with Crippen LogP contribution in [0.5, 0.6) is 0 Å². The predicted molar refractivity (Wildman–Crippen MR) is 92.1 cm³/mol. The summed E-state index contributed by atoms with van der Waals surface area (Å²) in [6.07, 6.45) is 2.00. The van der Waals surface area contributed by atoms with E-state index in [4.69, 9.17) is 5.73 Å². The number of fused-ring (bicyclic) bond motifs is 1. The fourth-order valence-corrected chi connectivity index (χ4v) is 3.85. The minimum atomic E-state index is -1.55. The van der Waals surface area contributed by atoms with Crippen LogP contribution in [0.4, 0.5) is 14.5 Å². The Labute approximate surface area is 143 Å². The fraction of sp³-hybridized carbons (Fsp3) is 0.500. The molecule has 1 aromatic heterocycles. The number of aromatic nitrogens is 1. The Hall–Kier alpha value is -1.99. The third-order valence-corrected chi connectivity index (χ3v) is 5.29. The lowest BCUT2D eigenvalue weighted by Gasteiger charge is -2.25. The van der Waals surface area contributed by atoms with Crippen LogP contribution in [0, 0.1) is 5.82 Å². The summed E-state index contributed by atoms with van der Waals surface area (Å²) in [4.78, 5) is 13.9. The van der Waals surface area contributed by atoms with E-state index >= 15 is 0 Å². The van der Waals surface area contributed by atoms with Gasteiger partial charge in [0, 0.05) is 42.6 Å². The third kappa shape index (κ3) is 2.62. The topological polar surface area (TPSA) is 71.5 Å². The average molecular weight is 349 g/mol. The largest absolute Gasteiger partial charge is 0.392 e. The molecule has 1 aliphatic carbocycles. The van der Waals surface area contributed by atoms with E-state index in [2.05, 4.69) is 0 Å². The number of hydrogen-bond donors (Lipinski definition) is 2. The molecule has 1 aromatic carbocycles. The van der Waals surface area contributed by atoms with Gasteiger partial charge in [-0.3, -0.25) is 4.79 Å². The normalized spacial score (nSPS) is 23.6. The Bertz CT molecular complexity index is 894. The first kappa shape index (κ1) is 16.5. The molecule has 4 rings (SSSR count). The van der Waals surface area contributed by atoms with E-state index < -0.39 is 18.1 Å². The van der Waals surface area contributed by atoms with Gasteiger partial charge in [0.25, 0.3) is 5.56 Å². The van der Waals surface area contributed by atoms with Crippen molar-refractivity contribution in [1.82, 2.24) is 4.57 Å². The van der Waals surface area contributed by atoms with Gasteiger partial charge < -0.3 is 20.3 Å². The van der Waals surface area contributed by atoms with Gasteiger partial charge in [0.1, 0.15) is 11.5 Å². The van der Waals surface area contributed by atoms with E-state index in [1.54, 1.807) is 15.5 Å². The van der Waals surface area contributed by atoms with Crippen molar-refractivity contribution in [3.05, 3.63) is 39.9 Å². The smallest absolute Gasteiger partial charge is 0.251 e. The van der Waals surface area contributed by atoms with Crippen LogP contribution >= 0.6 is 0 Å². The van der Waals surface area contributed by atoms with Gasteiger partial charge in [-0.25, -0.2) is 8.78 Å². The number of aliphatic hydroxyl groups is 1. The van der Waals surface area contributed by atoms with E-state index in [1.165, 1.54) is 12.1 Å². The van der Waals surface area contributed by atoms with E-state index in [9.17, 15) is 18.7 Å². The van der Waals surface area contributed by atoms with Crippen molar-refractivity contribution >= 4 is 16.6 Å². The molecule has 1 saturated heterocycles. The van der Waals surface area contributed by atoms with Crippen molar-refractivity contribution in [2.75, 3.05) is 24.5 Å². The number of hydrogen-bond acceptors (Lipinski definition) is 4. The summed E-state index contributed by atoms with van der Waals surface area (Å²) in [7, 11) is 0. The second kappa shape index (κ2) is 5.78. The van der Waals surface area contributed by atoms with Crippen LogP contribution in [-0.4, -0.2) is 35.0 Å². The number of nitrogens with zero attached hydrogens (tertiary/aromatic N) is 2. The maximum absolute atomic E-state index is 14.8. The van der Waals surface area contributed by atoms with Crippen LogP contribution in [0.15, 0.2) is 23.0 Å². The number of nitrogens with two attached hydrogens (primary N) is 1. The summed E-state index contributed by atoms with van der Waals surface area (Å²) >= 11 is 0. The second-order valence-electron chi connectivity index (χ2n) is 7.08. The number of aliphatic hydroxyl groups excluding tert-OH is 1. The summed E-state index contributed by atoms with van der Waals surface area (Å²) in [6, 6.07) is 4.45. The van der Waals surface area contributed by atoms with Gasteiger partial charge in [-0.2, -0.15) is 0 Å². The number of benzene rings is 1. The predicted octanol–water partition coefficient (Wildman–Crippen LogP) is 1.84. The third-order valence-electron chi connectivity index (χ3n) is 5.29. The van der Waals surface area contributed by atoms with Gasteiger partial charge in [-0.15, -0.1) is 0 Å². The number of rotatable bonds is 4. The molecule has 1 aliphatic heterocycles. The zero-order valence-corrected chi connectivity index (χ0v) is 13.8. The standard InChI is InChI=1S/C18H21F2N3O2/c19-14-7-11-1-4-15(25)23(12-2-3-12)16(11)13(8-24)17(14)22-6-5-18(20,9-21)10-22/h1,4,7,12,24H,2-3,5-6,8-10,21H2. The zero-order valence-electron chi connectivity index (χ0n) is 13.8. The molecule has 0 bridgehead atoms. The minimum absolute atomic E-state index is 0.0145. The van der Waals surface area contributed by atoms with Crippen LogP contribution < -0.4 is 16.2 Å². The summed E-state index contributed by atoms with van der Waals surface area (Å²) in [5.41, 5.74) is 4.88. The second-order valence-corrected chi connectivity index (χ2v) is 7.08. The molecule has 2 heterocycles. The first-order valence-corrected chi connectivity index (χ1v) is 8.59. The Kier molecular flexibility index (Phi) is 3.81. The maximum atomic E-state index is 14.8. The van der Waals surface area contributed by atoms with Crippen molar-refractivity contribution in [3.63, 3.8) is 0 Å². The molecular weight excluding hydrogens is 328 g/mol. The van der Waals surface area contributed by atoms with Crippen molar-refractivity contribution in [1.29, 1.82) is 0 Å². The molecule has 2 aromatic rings. The molecular formula is C18H21F2N3O2. The van der Waals surface area contributed by atoms with Gasteiger partial charge in [0.15, 0.2) is 0 Å². The summed E-state index contributed by atoms with van der Waals surface area (Å²) in [5, 5.41) is 10.5. The highest BCUT2D eigenvalue weighted by Crippen LogP contribution is 2.40. The van der Waals surface area contributed by atoms with Gasteiger partial charge in [-0.1, -0.05) is 0 Å². The number of anilines is 1. The molecule has 1 atom stereocenters. The van der Waals surface area contributed by atoms with Crippen LogP contribution in [0.3, 0.4) is 0 Å². The van der Waals surface area contributed by atoms with Crippen molar-refractivity contribution in [2.24, 2.45) is 5.73 Å². The fourth-order valence-electron chi connectivity index (χ4n) is 3.85. The molecule has 25 heavy (non-hydrogen) atoms. The van der Waals surface area contributed by atoms with Gasteiger partial charge >= 0.3 is 0 Å². The molecule has 1 unspecified atom stereocenters. The minimum Gasteiger partial charge on any atom is -0.392 e. The zero-order chi connectivity index (χ0) is 17.8. The van der Waals surface area contributed by atoms with E-state index in [1.807, 2.05) is 0 Å². The number of pyridine rings is 1. The highest BCUT2D eigenvalue weighted by Gasteiger charge is 2.39. The Morgan fingerprint density at radius 2 is 2.12 bits per heavy atom. The lowest BCUT2D eigenvalue weighted by Crippen LogP contribution is -2.36. The highest BCUT2D eigenvalue weighted by molar-refractivity contribution is 5.88. The Balaban J connectivity index is 1.94. The average Bonchev–Trinajstić information content (AvgIpc) is 3.36. The Morgan fingerprint density at radius 3 is 2.72 bits per heavy atom. The molecule has 0 spiro atoms. The first-order chi connectivity index (χ1) is 12.0. The summed E-state index contributed by atoms with van der Waals surface area (Å²) in [5.74, 6) is -0.515. The van der Waals surface area contributed by atoms with E-state index in [-0.39, 0.29) is 36.8 Å². The molecule has 5 nitrogen and oxygen atoms in total. The number of halogens is 2. The first-order valence-electron chi connectivity index (χ1n) is 8.59. The maximum Gasteiger partial charge on any atom is 0.251 e. The molecule has 0 amide bonds. The van der Waals surface area contributed by atoms with Crippen molar-refractivity contribution in [2.45, 2.75) is 37.6 Å². The monoisotopic (exact) mass is 349 g/mol. The van der Waals surface area contributed by atoms with E-state index in [0.29, 0.717) is 23.0 Å². The molecule has 7 heteroatoms. The summed E-state index contributed by atoms with van der Waals surface area (Å²) in [6.45, 7) is -0.235. The van der Waals surface area contributed by atoms with Crippen molar-refractivity contribution < 1.29 is 13.9 Å². The Morgan fingerprint density at radius 1 is 1.36 bits per heavy atom. The van der Waals surface area contributed by atoms with E-state index in [0.717, 1.165) is 12.8 Å². The van der Waals surface area contributed by atoms with Gasteiger partial charge in [0.2, 0.25) is 0 Å². The van der Waals surface area contributed by atoms with Gasteiger partial charge in [-0.05, 0) is 25.0 Å². The van der Waals surface area contributed by atoms with Crippen LogP contribution in [0.2, 0.25) is 0 Å². The SMILES string of the molecule is NCC1(F)CCN(c2c(F)cc3ccc(=O)n(C4CC4)c3c2CO)C1. The molecule has 2 fully saturated rings. The lowest BCUT2D eigenvalue weighted by molar-refractivity contribution is 0.203. The van der Waals surface area contributed by atoms with Gasteiger partial charge in [0.05, 0.1) is 24.4 Å². The molecule has 3 N–H and O–H groups in total. The molecule has 2 aliphatic rings. The number of alkyl halides is 1. The molecule has 1 saturated carbocycles. The van der Waals surface area contributed by atoms with Crippen LogP contribution in [0.25, 0.3) is 10.9 Å². The van der Waals surface area contributed by atoms with Crippen molar-refractivity contribution in [3.8, 4) is 0 Å². The van der Waals surface area contributed by atoms with Crippen LogP contribution in [0.1, 0.15) is 30.9 Å². The highest BCUT2D eigenvalue weighted by atomic mass is 19.1. The molecule has 0 radical (unpaired) electrons. The summed E-state index contributed by atoms with van der Waals surface area (Å²) < 4.78 is 31.0.